The Kier molecular flexibility index (Phi) is 14.5. The van der Waals surface area contributed by atoms with E-state index in [1.54, 1.807) is 12.1 Å². The Balaban J connectivity index is 0.00000338. The average Bonchev–Trinajstić information content (AvgIpc) is 2.64. The van der Waals surface area contributed by atoms with Crippen LogP contribution in [0.3, 0.4) is 0 Å². The number of nitrogens with zero attached hydrogens (tertiary/aromatic N) is 1. The minimum Gasteiger partial charge on any atom is -0.379 e. The summed E-state index contributed by atoms with van der Waals surface area (Å²) in [7, 11) is 0. The van der Waals surface area contributed by atoms with Crippen molar-refractivity contribution in [2.24, 2.45) is 5.73 Å². The largest absolute Gasteiger partial charge is 0.379 e. The maximum atomic E-state index is 13.2. The number of carbonyl (C=O) groups is 1. The van der Waals surface area contributed by atoms with Gasteiger partial charge in [-0.25, -0.2) is 4.39 Å². The van der Waals surface area contributed by atoms with Crippen molar-refractivity contribution in [1.82, 2.24) is 10.2 Å². The normalized spacial score (nSPS) is 15.3. The summed E-state index contributed by atoms with van der Waals surface area (Å²) >= 11 is 0. The maximum Gasteiger partial charge on any atom is 0.220 e. The number of nitrogens with two attached hydrogens (primary N) is 1. The van der Waals surface area contributed by atoms with Crippen LogP contribution < -0.4 is 11.1 Å². The Labute approximate surface area is 174 Å². The SMILES string of the molecule is Cl.Cl.NCCCCCCC(=O)NCC(c1ccc(F)cc1)N1CCOCC1. The van der Waals surface area contributed by atoms with Crippen LogP contribution in [0.15, 0.2) is 24.3 Å². The van der Waals surface area contributed by atoms with Gasteiger partial charge in [0, 0.05) is 26.1 Å². The molecule has 0 aromatic heterocycles. The lowest BCUT2D eigenvalue weighted by atomic mass is 10.0. The van der Waals surface area contributed by atoms with Crippen LogP contribution in [0, 0.1) is 5.82 Å². The fourth-order valence-electron chi connectivity index (χ4n) is 3.11. The average molecular weight is 424 g/mol. The first kappa shape index (κ1) is 26.1. The van der Waals surface area contributed by atoms with Crippen molar-refractivity contribution in [3.63, 3.8) is 0 Å². The molecule has 27 heavy (non-hydrogen) atoms. The molecule has 0 saturated carbocycles. The molecule has 1 saturated heterocycles. The van der Waals surface area contributed by atoms with Gasteiger partial charge in [-0.15, -0.1) is 24.8 Å². The molecule has 0 aliphatic carbocycles. The molecule has 2 rings (SSSR count). The molecule has 5 nitrogen and oxygen atoms in total. The smallest absolute Gasteiger partial charge is 0.220 e. The van der Waals surface area contributed by atoms with Crippen molar-refractivity contribution in [2.45, 2.75) is 38.1 Å². The molecule has 1 amide bonds. The summed E-state index contributed by atoms with van der Waals surface area (Å²) in [6.45, 7) is 4.26. The lowest BCUT2D eigenvalue weighted by molar-refractivity contribution is -0.121. The van der Waals surface area contributed by atoms with E-state index in [1.165, 1.54) is 12.1 Å². The number of amides is 1. The van der Waals surface area contributed by atoms with Crippen molar-refractivity contribution in [3.05, 3.63) is 35.6 Å². The first-order valence-electron chi connectivity index (χ1n) is 9.24. The molecule has 1 heterocycles. The van der Waals surface area contributed by atoms with Gasteiger partial charge in [0.05, 0.1) is 19.3 Å². The fraction of sp³-hybridized carbons (Fsp3) is 0.632. The first-order chi connectivity index (χ1) is 12.2. The number of unbranched alkanes of at least 4 members (excludes halogenated alkanes) is 3. The summed E-state index contributed by atoms with van der Waals surface area (Å²) in [5.74, 6) is -0.167. The fourth-order valence-corrected chi connectivity index (χ4v) is 3.11. The minimum atomic E-state index is -0.244. The summed E-state index contributed by atoms with van der Waals surface area (Å²) in [5.41, 5.74) is 6.49. The van der Waals surface area contributed by atoms with Gasteiger partial charge in [0.15, 0.2) is 0 Å². The number of hydrogen-bond donors (Lipinski definition) is 2. The van der Waals surface area contributed by atoms with Gasteiger partial charge >= 0.3 is 0 Å². The molecule has 1 aromatic rings. The standard InChI is InChI=1S/C19H30FN3O2.2ClH/c20-17-8-6-16(7-9-17)18(23-11-13-25-14-12-23)15-22-19(24)5-3-1-2-4-10-21;;/h6-9,18H,1-5,10-15,21H2,(H,22,24);2*1H. The molecule has 8 heteroatoms. The van der Waals surface area contributed by atoms with Gasteiger partial charge in [0.2, 0.25) is 5.91 Å². The zero-order chi connectivity index (χ0) is 17.9. The first-order valence-corrected chi connectivity index (χ1v) is 9.24. The van der Waals surface area contributed by atoms with Gasteiger partial charge in [-0.05, 0) is 37.1 Å². The van der Waals surface area contributed by atoms with E-state index in [-0.39, 0.29) is 42.6 Å². The summed E-state index contributed by atoms with van der Waals surface area (Å²) in [5, 5.41) is 3.04. The van der Waals surface area contributed by atoms with E-state index in [4.69, 9.17) is 10.5 Å². The minimum absolute atomic E-state index is 0. The second kappa shape index (κ2) is 15.1. The monoisotopic (exact) mass is 423 g/mol. The van der Waals surface area contributed by atoms with Crippen molar-refractivity contribution in [2.75, 3.05) is 39.4 Å². The van der Waals surface area contributed by atoms with Crippen LogP contribution in [-0.4, -0.2) is 50.2 Å². The van der Waals surface area contributed by atoms with Crippen LogP contribution in [0.5, 0.6) is 0 Å². The molecule has 1 atom stereocenters. The van der Waals surface area contributed by atoms with E-state index in [2.05, 4.69) is 10.2 Å². The molecular weight excluding hydrogens is 392 g/mol. The number of nitrogens with one attached hydrogen (secondary N) is 1. The van der Waals surface area contributed by atoms with Crippen LogP contribution >= 0.6 is 24.8 Å². The Hall–Kier alpha value is -0.920. The number of morpholine rings is 1. The summed E-state index contributed by atoms with van der Waals surface area (Å²) in [6, 6.07) is 6.60. The van der Waals surface area contributed by atoms with E-state index >= 15 is 0 Å². The zero-order valence-electron chi connectivity index (χ0n) is 15.7. The molecular formula is C19H32Cl2FN3O2. The molecule has 3 N–H and O–H groups in total. The quantitative estimate of drug-likeness (QED) is 0.567. The molecule has 0 bridgehead atoms. The predicted octanol–water partition coefficient (Wildman–Crippen LogP) is 3.07. The van der Waals surface area contributed by atoms with Gasteiger partial charge in [0.25, 0.3) is 0 Å². The zero-order valence-corrected chi connectivity index (χ0v) is 17.3. The topological polar surface area (TPSA) is 67.6 Å². The summed E-state index contributed by atoms with van der Waals surface area (Å²) in [6.07, 6.45) is 4.57. The number of rotatable bonds is 10. The van der Waals surface area contributed by atoms with Crippen LogP contribution in [0.2, 0.25) is 0 Å². The molecule has 156 valence electrons. The Morgan fingerprint density at radius 3 is 2.37 bits per heavy atom. The van der Waals surface area contributed by atoms with Crippen LogP contribution in [0.1, 0.15) is 43.7 Å². The van der Waals surface area contributed by atoms with Gasteiger partial charge in [-0.1, -0.05) is 25.0 Å². The van der Waals surface area contributed by atoms with Crippen molar-refractivity contribution in [3.8, 4) is 0 Å². The molecule has 1 unspecified atom stereocenters. The third kappa shape index (κ3) is 9.72. The van der Waals surface area contributed by atoms with Crippen molar-refractivity contribution in [1.29, 1.82) is 0 Å². The molecule has 1 aliphatic heterocycles. The predicted molar refractivity (Wildman–Crippen MR) is 111 cm³/mol. The van der Waals surface area contributed by atoms with Crippen LogP contribution in [-0.2, 0) is 9.53 Å². The van der Waals surface area contributed by atoms with Crippen LogP contribution in [0.4, 0.5) is 4.39 Å². The molecule has 1 aromatic carbocycles. The lowest BCUT2D eigenvalue weighted by Crippen LogP contribution is -2.43. The maximum absolute atomic E-state index is 13.2. The molecule has 1 aliphatic rings. The highest BCUT2D eigenvalue weighted by molar-refractivity contribution is 5.85. The van der Waals surface area contributed by atoms with Gasteiger partial charge in [-0.3, -0.25) is 9.69 Å². The Bertz CT molecular complexity index is 514. The van der Waals surface area contributed by atoms with E-state index in [0.717, 1.165) is 44.3 Å². The summed E-state index contributed by atoms with van der Waals surface area (Å²) < 4.78 is 18.6. The number of carbonyl (C=O) groups excluding carboxylic acids is 1. The third-order valence-corrected chi connectivity index (χ3v) is 4.59. The Morgan fingerprint density at radius 1 is 1.11 bits per heavy atom. The van der Waals surface area contributed by atoms with Crippen molar-refractivity contribution >= 4 is 30.7 Å². The number of benzene rings is 1. The highest BCUT2D eigenvalue weighted by atomic mass is 35.5. The van der Waals surface area contributed by atoms with Crippen molar-refractivity contribution < 1.29 is 13.9 Å². The summed E-state index contributed by atoms with van der Waals surface area (Å²) in [4.78, 5) is 14.4. The molecule has 0 spiro atoms. The second-order valence-corrected chi connectivity index (χ2v) is 6.47. The highest BCUT2D eigenvalue weighted by Crippen LogP contribution is 2.21. The van der Waals surface area contributed by atoms with E-state index in [9.17, 15) is 9.18 Å². The Morgan fingerprint density at radius 2 is 1.74 bits per heavy atom. The highest BCUT2D eigenvalue weighted by Gasteiger charge is 2.23. The van der Waals surface area contributed by atoms with Gasteiger partial charge in [-0.2, -0.15) is 0 Å². The van der Waals surface area contributed by atoms with E-state index in [1.807, 2.05) is 0 Å². The molecule has 0 radical (unpaired) electrons. The van der Waals surface area contributed by atoms with Crippen LogP contribution in [0.25, 0.3) is 0 Å². The number of halogens is 3. The van der Waals surface area contributed by atoms with E-state index in [0.29, 0.717) is 32.7 Å². The van der Waals surface area contributed by atoms with Gasteiger partial charge < -0.3 is 15.8 Å². The molecule has 1 fully saturated rings. The lowest BCUT2D eigenvalue weighted by Gasteiger charge is -2.35. The number of ether oxygens (including phenoxy) is 1. The van der Waals surface area contributed by atoms with E-state index < -0.39 is 0 Å². The third-order valence-electron chi connectivity index (χ3n) is 4.59. The second-order valence-electron chi connectivity index (χ2n) is 6.47. The number of hydrogen-bond acceptors (Lipinski definition) is 4. The van der Waals surface area contributed by atoms with Gasteiger partial charge in [0.1, 0.15) is 5.82 Å².